The largest absolute Gasteiger partial charge is 0.379 e. The quantitative estimate of drug-likeness (QED) is 0.759. The van der Waals surface area contributed by atoms with E-state index >= 15 is 0 Å². The van der Waals surface area contributed by atoms with Crippen LogP contribution in [0.15, 0.2) is 0 Å². The topological polar surface area (TPSA) is 50.4 Å². The Bertz CT molecular complexity index is 276. The molecule has 1 saturated heterocycles. The highest BCUT2D eigenvalue weighted by molar-refractivity contribution is 8.00. The highest BCUT2D eigenvalue weighted by Gasteiger charge is 2.38. The lowest BCUT2D eigenvalue weighted by Crippen LogP contribution is -2.49. The van der Waals surface area contributed by atoms with Crippen LogP contribution < -0.4 is 10.6 Å². The SMILES string of the molecule is CNC1COCC1C(=O)NCC1(SC)CCC1. The zero-order valence-electron chi connectivity index (χ0n) is 10.6. The van der Waals surface area contributed by atoms with Gasteiger partial charge in [0.1, 0.15) is 0 Å². The van der Waals surface area contributed by atoms with Gasteiger partial charge in [0.2, 0.25) is 5.91 Å². The smallest absolute Gasteiger partial charge is 0.227 e. The highest BCUT2D eigenvalue weighted by Crippen LogP contribution is 2.42. The fourth-order valence-electron chi connectivity index (χ4n) is 2.50. The molecule has 1 amide bonds. The minimum Gasteiger partial charge on any atom is -0.379 e. The second-order valence-corrected chi connectivity index (χ2v) is 6.27. The van der Waals surface area contributed by atoms with Gasteiger partial charge in [-0.1, -0.05) is 6.42 Å². The molecular formula is C12H22N2O2S. The van der Waals surface area contributed by atoms with Crippen molar-refractivity contribution in [1.29, 1.82) is 0 Å². The fourth-order valence-corrected chi connectivity index (χ4v) is 3.41. The molecule has 17 heavy (non-hydrogen) atoms. The number of thioether (sulfide) groups is 1. The van der Waals surface area contributed by atoms with Crippen LogP contribution in [-0.4, -0.2) is 49.8 Å². The lowest BCUT2D eigenvalue weighted by atomic mass is 9.84. The van der Waals surface area contributed by atoms with Crippen LogP contribution in [-0.2, 0) is 9.53 Å². The van der Waals surface area contributed by atoms with Crippen LogP contribution in [0.25, 0.3) is 0 Å². The summed E-state index contributed by atoms with van der Waals surface area (Å²) >= 11 is 1.89. The van der Waals surface area contributed by atoms with Crippen molar-refractivity contribution in [3.63, 3.8) is 0 Å². The first-order valence-electron chi connectivity index (χ1n) is 6.29. The zero-order valence-corrected chi connectivity index (χ0v) is 11.4. The van der Waals surface area contributed by atoms with Crippen molar-refractivity contribution >= 4 is 17.7 Å². The first-order valence-corrected chi connectivity index (χ1v) is 7.51. The van der Waals surface area contributed by atoms with E-state index in [2.05, 4.69) is 16.9 Å². The number of amides is 1. The molecule has 0 bridgehead atoms. The first-order chi connectivity index (χ1) is 8.21. The highest BCUT2D eigenvalue weighted by atomic mass is 32.2. The summed E-state index contributed by atoms with van der Waals surface area (Å²) in [5.74, 6) is 0.112. The van der Waals surface area contributed by atoms with Crippen LogP contribution in [0.3, 0.4) is 0 Å². The van der Waals surface area contributed by atoms with Gasteiger partial charge in [0.05, 0.1) is 19.1 Å². The molecule has 2 fully saturated rings. The molecule has 2 rings (SSSR count). The average molecular weight is 258 g/mol. The molecule has 0 aromatic heterocycles. The minimum absolute atomic E-state index is 0.0287. The molecular weight excluding hydrogens is 236 g/mol. The summed E-state index contributed by atoms with van der Waals surface area (Å²) in [7, 11) is 1.88. The van der Waals surface area contributed by atoms with E-state index in [1.807, 2.05) is 18.8 Å². The van der Waals surface area contributed by atoms with E-state index in [1.54, 1.807) is 0 Å². The summed E-state index contributed by atoms with van der Waals surface area (Å²) < 4.78 is 5.66. The number of carbonyl (C=O) groups excluding carboxylic acids is 1. The molecule has 98 valence electrons. The number of nitrogens with one attached hydrogen (secondary N) is 2. The van der Waals surface area contributed by atoms with Crippen LogP contribution in [0.5, 0.6) is 0 Å². The monoisotopic (exact) mass is 258 g/mol. The van der Waals surface area contributed by atoms with E-state index in [0.717, 1.165) is 6.54 Å². The Hall–Kier alpha value is -0.260. The van der Waals surface area contributed by atoms with Gasteiger partial charge >= 0.3 is 0 Å². The van der Waals surface area contributed by atoms with Crippen molar-refractivity contribution in [2.45, 2.75) is 30.1 Å². The standard InChI is InChI=1S/C12H22N2O2S/c1-13-10-7-16-6-9(10)11(15)14-8-12(17-2)4-3-5-12/h9-10,13H,3-8H2,1-2H3,(H,14,15). The minimum atomic E-state index is -0.0287. The predicted octanol–water partition coefficient (Wildman–Crippen LogP) is 0.623. The Kier molecular flexibility index (Phi) is 4.33. The van der Waals surface area contributed by atoms with Crippen LogP contribution >= 0.6 is 11.8 Å². The van der Waals surface area contributed by atoms with Gasteiger partial charge in [-0.25, -0.2) is 0 Å². The number of ether oxygens (including phenoxy) is 1. The van der Waals surface area contributed by atoms with Crippen molar-refractivity contribution in [3.05, 3.63) is 0 Å². The second kappa shape index (κ2) is 5.59. The van der Waals surface area contributed by atoms with Crippen molar-refractivity contribution in [1.82, 2.24) is 10.6 Å². The Balaban J connectivity index is 1.80. The van der Waals surface area contributed by atoms with Gasteiger partial charge in [0.25, 0.3) is 0 Å². The van der Waals surface area contributed by atoms with Gasteiger partial charge in [0.15, 0.2) is 0 Å². The molecule has 1 aliphatic carbocycles. The van der Waals surface area contributed by atoms with Gasteiger partial charge in [-0.2, -0.15) is 11.8 Å². The van der Waals surface area contributed by atoms with Crippen LogP contribution in [0.1, 0.15) is 19.3 Å². The molecule has 1 aliphatic heterocycles. The predicted molar refractivity (Wildman–Crippen MR) is 70.3 cm³/mol. The van der Waals surface area contributed by atoms with Gasteiger partial charge in [-0.05, 0) is 26.1 Å². The number of hydrogen-bond donors (Lipinski definition) is 2. The number of carbonyl (C=O) groups is 1. The Morgan fingerprint density at radius 2 is 2.24 bits per heavy atom. The molecule has 1 saturated carbocycles. The molecule has 2 aliphatic rings. The number of likely N-dealkylation sites (N-methyl/N-ethyl adjacent to an activating group) is 1. The third-order valence-corrected chi connectivity index (χ3v) is 5.49. The normalized spacial score (nSPS) is 30.9. The summed E-state index contributed by atoms with van der Waals surface area (Å²) in [6.07, 6.45) is 5.89. The molecule has 5 heteroatoms. The summed E-state index contributed by atoms with van der Waals surface area (Å²) in [6, 6.07) is 0.168. The van der Waals surface area contributed by atoms with Crippen LogP contribution in [0.2, 0.25) is 0 Å². The molecule has 0 radical (unpaired) electrons. The van der Waals surface area contributed by atoms with E-state index < -0.39 is 0 Å². The van der Waals surface area contributed by atoms with Crippen LogP contribution in [0, 0.1) is 5.92 Å². The van der Waals surface area contributed by atoms with Crippen molar-refractivity contribution in [2.24, 2.45) is 5.92 Å². The summed E-state index contributed by atoms with van der Waals surface area (Å²) in [6.45, 7) is 1.99. The van der Waals surface area contributed by atoms with Gasteiger partial charge in [-0.15, -0.1) is 0 Å². The van der Waals surface area contributed by atoms with Crippen LogP contribution in [0.4, 0.5) is 0 Å². The summed E-state index contributed by atoms with van der Waals surface area (Å²) in [4.78, 5) is 12.1. The van der Waals surface area contributed by atoms with Gasteiger partial charge in [0, 0.05) is 17.3 Å². The lowest BCUT2D eigenvalue weighted by Gasteiger charge is -2.40. The first kappa shape index (κ1) is 13.2. The molecule has 2 unspecified atom stereocenters. The maximum absolute atomic E-state index is 12.1. The van der Waals surface area contributed by atoms with Crippen molar-refractivity contribution in [2.75, 3.05) is 33.1 Å². The van der Waals surface area contributed by atoms with E-state index in [1.165, 1.54) is 19.3 Å². The zero-order chi connectivity index (χ0) is 12.3. The van der Waals surface area contributed by atoms with Crippen molar-refractivity contribution in [3.8, 4) is 0 Å². The second-order valence-electron chi connectivity index (χ2n) is 5.00. The fraction of sp³-hybridized carbons (Fsp3) is 0.917. The third kappa shape index (κ3) is 2.77. The molecule has 2 atom stereocenters. The summed E-state index contributed by atoms with van der Waals surface area (Å²) in [5, 5.41) is 6.25. The number of hydrogen-bond acceptors (Lipinski definition) is 4. The Morgan fingerprint density at radius 1 is 1.47 bits per heavy atom. The van der Waals surface area contributed by atoms with Crippen molar-refractivity contribution < 1.29 is 9.53 Å². The van der Waals surface area contributed by atoms with E-state index in [4.69, 9.17) is 4.74 Å². The molecule has 0 spiro atoms. The van der Waals surface area contributed by atoms with Gasteiger partial charge in [-0.3, -0.25) is 4.79 Å². The maximum atomic E-state index is 12.1. The van der Waals surface area contributed by atoms with E-state index in [-0.39, 0.29) is 17.9 Å². The Labute approximate surface area is 107 Å². The lowest BCUT2D eigenvalue weighted by molar-refractivity contribution is -0.125. The molecule has 0 aromatic rings. The Morgan fingerprint density at radius 3 is 2.76 bits per heavy atom. The molecule has 1 heterocycles. The average Bonchev–Trinajstić information content (AvgIpc) is 2.76. The third-order valence-electron chi connectivity index (χ3n) is 4.07. The molecule has 0 aromatic carbocycles. The molecule has 2 N–H and O–H groups in total. The number of rotatable bonds is 5. The molecule has 4 nitrogen and oxygen atoms in total. The van der Waals surface area contributed by atoms with Gasteiger partial charge < -0.3 is 15.4 Å². The summed E-state index contributed by atoms with van der Waals surface area (Å²) in [5.41, 5.74) is 0. The van der Waals surface area contributed by atoms with E-state index in [9.17, 15) is 4.79 Å². The maximum Gasteiger partial charge on any atom is 0.227 e. The van der Waals surface area contributed by atoms with E-state index in [0.29, 0.717) is 18.0 Å².